The first kappa shape index (κ1) is 23.3. The molecule has 0 aromatic heterocycles. The fraction of sp³-hybridized carbons (Fsp3) is 0.625. The maximum Gasteiger partial charge on any atom is 0.251 e. The second-order valence-electron chi connectivity index (χ2n) is 9.31. The number of aromatic hydroxyl groups is 1. The van der Waals surface area contributed by atoms with Crippen LogP contribution < -0.4 is 10.6 Å². The van der Waals surface area contributed by atoms with Crippen LogP contribution in [0.25, 0.3) is 0 Å². The summed E-state index contributed by atoms with van der Waals surface area (Å²) >= 11 is 0. The zero-order chi connectivity index (χ0) is 22.6. The van der Waals surface area contributed by atoms with E-state index in [1.807, 2.05) is 6.92 Å². The van der Waals surface area contributed by atoms with Gasteiger partial charge in [-0.05, 0) is 61.8 Å². The van der Waals surface area contributed by atoms with Gasteiger partial charge in [0.15, 0.2) is 5.78 Å². The summed E-state index contributed by atoms with van der Waals surface area (Å²) in [6, 6.07) is 3.32. The molecule has 0 spiro atoms. The molecular weight excluding hydrogens is 396 g/mol. The first-order chi connectivity index (χ1) is 14.7. The van der Waals surface area contributed by atoms with Gasteiger partial charge >= 0.3 is 0 Å². The molecular formula is C24H34N2O5. The quantitative estimate of drug-likeness (QED) is 0.588. The molecule has 1 aliphatic carbocycles. The summed E-state index contributed by atoms with van der Waals surface area (Å²) < 4.78 is 5.33. The van der Waals surface area contributed by atoms with Gasteiger partial charge in [-0.2, -0.15) is 0 Å². The highest BCUT2D eigenvalue weighted by Gasteiger charge is 2.39. The summed E-state index contributed by atoms with van der Waals surface area (Å²) in [4.78, 5) is 38.2. The highest BCUT2D eigenvalue weighted by atomic mass is 16.5. The van der Waals surface area contributed by atoms with Crippen LogP contribution in [0.3, 0.4) is 0 Å². The van der Waals surface area contributed by atoms with E-state index < -0.39 is 12.1 Å². The van der Waals surface area contributed by atoms with E-state index in [2.05, 4.69) is 17.6 Å². The van der Waals surface area contributed by atoms with Crippen LogP contribution in [0.15, 0.2) is 18.2 Å². The summed E-state index contributed by atoms with van der Waals surface area (Å²) in [5, 5.41) is 15.7. The topological polar surface area (TPSA) is 105 Å². The van der Waals surface area contributed by atoms with Crippen LogP contribution >= 0.6 is 0 Å². The number of amides is 2. The molecule has 2 aliphatic rings. The van der Waals surface area contributed by atoms with Crippen LogP contribution in [-0.4, -0.2) is 47.5 Å². The number of hydrogen-bond donors (Lipinski definition) is 3. The fourth-order valence-corrected chi connectivity index (χ4v) is 4.69. The predicted molar refractivity (Wildman–Crippen MR) is 117 cm³/mol. The Morgan fingerprint density at radius 3 is 2.61 bits per heavy atom. The smallest absolute Gasteiger partial charge is 0.251 e. The van der Waals surface area contributed by atoms with Gasteiger partial charge in [-0.3, -0.25) is 14.4 Å². The summed E-state index contributed by atoms with van der Waals surface area (Å²) in [6.07, 6.45) is 5.88. The average molecular weight is 431 g/mol. The van der Waals surface area contributed by atoms with Crippen LogP contribution in [0.5, 0.6) is 5.75 Å². The number of carbonyl (C=O) groups excluding carboxylic acids is 3. The molecule has 7 heteroatoms. The lowest BCUT2D eigenvalue weighted by Gasteiger charge is -2.30. The van der Waals surface area contributed by atoms with Gasteiger partial charge < -0.3 is 20.5 Å². The summed E-state index contributed by atoms with van der Waals surface area (Å²) in [7, 11) is 0. The molecule has 1 aromatic rings. The second kappa shape index (κ2) is 9.81. The lowest BCUT2D eigenvalue weighted by atomic mass is 9.81. The third kappa shape index (κ3) is 5.64. The van der Waals surface area contributed by atoms with Gasteiger partial charge in [-0.1, -0.05) is 33.1 Å². The third-order valence-corrected chi connectivity index (χ3v) is 6.59. The molecule has 1 saturated heterocycles. The van der Waals surface area contributed by atoms with Crippen LogP contribution in [-0.2, 0) is 20.7 Å². The van der Waals surface area contributed by atoms with Gasteiger partial charge in [0.05, 0.1) is 6.10 Å². The minimum absolute atomic E-state index is 0.00539. The van der Waals surface area contributed by atoms with Gasteiger partial charge in [0, 0.05) is 5.56 Å². The molecule has 1 saturated carbocycles. The zero-order valence-corrected chi connectivity index (χ0v) is 18.7. The molecule has 1 unspecified atom stereocenters. The first-order valence-electron chi connectivity index (χ1n) is 11.3. The van der Waals surface area contributed by atoms with Crippen molar-refractivity contribution >= 4 is 17.6 Å². The van der Waals surface area contributed by atoms with E-state index in [0.717, 1.165) is 32.1 Å². The Morgan fingerprint density at radius 1 is 1.29 bits per heavy atom. The van der Waals surface area contributed by atoms with Crippen LogP contribution in [0.4, 0.5) is 0 Å². The standard InChI is InChI=1S/C24H34N2O5/c1-4-7-16-12-17(8-9-19(16)27)22(29)25-18(13-24(3)10-5-6-11-24)23(30)26-21-15(2)31-14-20(21)28/h8-9,12,15,18,21,27H,4-7,10-11,13-14H2,1-3H3,(H,25,29)(H,26,30)/t15-,18?,21-/m0/s1. The maximum atomic E-state index is 13.1. The molecule has 0 radical (unpaired) electrons. The van der Waals surface area contributed by atoms with Gasteiger partial charge in [0.1, 0.15) is 24.4 Å². The average Bonchev–Trinajstić information content (AvgIpc) is 3.29. The van der Waals surface area contributed by atoms with Crippen molar-refractivity contribution in [2.24, 2.45) is 5.41 Å². The number of ketones is 1. The second-order valence-corrected chi connectivity index (χ2v) is 9.31. The Balaban J connectivity index is 1.77. The van der Waals surface area contributed by atoms with E-state index in [4.69, 9.17) is 4.74 Å². The summed E-state index contributed by atoms with van der Waals surface area (Å²) in [6.45, 7) is 5.91. The van der Waals surface area contributed by atoms with Crippen molar-refractivity contribution in [3.63, 3.8) is 0 Å². The minimum atomic E-state index is -0.750. The Morgan fingerprint density at radius 2 is 2.00 bits per heavy atom. The van der Waals surface area contributed by atoms with E-state index in [9.17, 15) is 19.5 Å². The number of phenols is 1. The van der Waals surface area contributed by atoms with Gasteiger partial charge in [-0.25, -0.2) is 0 Å². The monoisotopic (exact) mass is 430 g/mol. The molecule has 31 heavy (non-hydrogen) atoms. The summed E-state index contributed by atoms with van der Waals surface area (Å²) in [5.74, 6) is -0.702. The fourth-order valence-electron chi connectivity index (χ4n) is 4.69. The molecule has 3 atom stereocenters. The number of phenolic OH excluding ortho intramolecular Hbond substituents is 1. The normalized spacial score (nSPS) is 23.5. The van der Waals surface area contributed by atoms with Crippen molar-refractivity contribution in [1.82, 2.24) is 10.6 Å². The van der Waals surface area contributed by atoms with Crippen molar-refractivity contribution in [2.75, 3.05) is 6.61 Å². The van der Waals surface area contributed by atoms with Gasteiger partial charge in [0.25, 0.3) is 5.91 Å². The molecule has 0 bridgehead atoms. The predicted octanol–water partition coefficient (Wildman–Crippen LogP) is 2.89. The zero-order valence-electron chi connectivity index (χ0n) is 18.7. The number of Topliss-reactive ketones (excluding diaryl/α,β-unsaturated/α-hetero) is 1. The van der Waals surface area contributed by atoms with Crippen molar-refractivity contribution < 1.29 is 24.2 Å². The highest BCUT2D eigenvalue weighted by molar-refractivity contribution is 5.99. The molecule has 1 heterocycles. The SMILES string of the molecule is CCCc1cc(C(=O)NC(CC2(C)CCCC2)C(=O)N[C@@H]2C(=O)CO[C@H]2C)ccc1O. The van der Waals surface area contributed by atoms with Crippen LogP contribution in [0.1, 0.15) is 75.2 Å². The summed E-state index contributed by atoms with van der Waals surface area (Å²) in [5.41, 5.74) is 1.09. The van der Waals surface area contributed by atoms with Crippen molar-refractivity contribution in [3.05, 3.63) is 29.3 Å². The number of carbonyl (C=O) groups is 3. The van der Waals surface area contributed by atoms with E-state index >= 15 is 0 Å². The van der Waals surface area contributed by atoms with Crippen LogP contribution in [0, 0.1) is 5.41 Å². The number of hydrogen-bond acceptors (Lipinski definition) is 5. The van der Waals surface area contributed by atoms with E-state index in [-0.39, 0.29) is 41.5 Å². The molecule has 2 amide bonds. The van der Waals surface area contributed by atoms with E-state index in [1.165, 1.54) is 6.07 Å². The number of nitrogens with one attached hydrogen (secondary N) is 2. The van der Waals surface area contributed by atoms with E-state index in [1.54, 1.807) is 19.1 Å². The highest BCUT2D eigenvalue weighted by Crippen LogP contribution is 2.41. The Kier molecular flexibility index (Phi) is 7.36. The van der Waals surface area contributed by atoms with Crippen molar-refractivity contribution in [1.29, 1.82) is 0 Å². The third-order valence-electron chi connectivity index (χ3n) is 6.59. The number of ether oxygens (including phenoxy) is 1. The van der Waals surface area contributed by atoms with Crippen molar-refractivity contribution in [2.45, 2.75) is 83.9 Å². The van der Waals surface area contributed by atoms with Crippen LogP contribution in [0.2, 0.25) is 0 Å². The Hall–Kier alpha value is -2.41. The lowest BCUT2D eigenvalue weighted by Crippen LogP contribution is -2.54. The lowest BCUT2D eigenvalue weighted by molar-refractivity contribution is -0.128. The van der Waals surface area contributed by atoms with E-state index in [0.29, 0.717) is 24.0 Å². The molecule has 7 nitrogen and oxygen atoms in total. The minimum Gasteiger partial charge on any atom is -0.508 e. The largest absolute Gasteiger partial charge is 0.508 e. The molecule has 1 aliphatic heterocycles. The molecule has 1 aromatic carbocycles. The molecule has 2 fully saturated rings. The number of benzene rings is 1. The van der Waals surface area contributed by atoms with Gasteiger partial charge in [-0.15, -0.1) is 0 Å². The first-order valence-corrected chi connectivity index (χ1v) is 11.3. The number of aryl methyl sites for hydroxylation is 1. The maximum absolute atomic E-state index is 13.1. The Bertz CT molecular complexity index is 831. The Labute approximate surface area is 183 Å². The number of rotatable bonds is 8. The molecule has 3 rings (SSSR count). The van der Waals surface area contributed by atoms with Crippen molar-refractivity contribution in [3.8, 4) is 5.75 Å². The van der Waals surface area contributed by atoms with Gasteiger partial charge in [0.2, 0.25) is 5.91 Å². The molecule has 3 N–H and O–H groups in total. The molecule has 170 valence electrons.